The highest BCUT2D eigenvalue weighted by Crippen LogP contribution is 2.41. The third-order valence-corrected chi connectivity index (χ3v) is 3.61. The van der Waals surface area contributed by atoms with Gasteiger partial charge in [-0.3, -0.25) is 14.4 Å². The molecule has 4 nitrogen and oxygen atoms in total. The molecule has 0 saturated carbocycles. The summed E-state index contributed by atoms with van der Waals surface area (Å²) in [6.07, 6.45) is -2.43. The Bertz CT molecular complexity index is 308. The Morgan fingerprint density at radius 3 is 2.65 bits per heavy atom. The van der Waals surface area contributed by atoms with Crippen molar-refractivity contribution in [2.75, 3.05) is 13.2 Å². The van der Waals surface area contributed by atoms with Crippen LogP contribution in [0.4, 0.5) is 13.2 Å². The van der Waals surface area contributed by atoms with Crippen LogP contribution in [0.1, 0.15) is 19.3 Å². The predicted molar refractivity (Wildman–Crippen MR) is 51.3 cm³/mol. The first-order chi connectivity index (χ1) is 7.88. The minimum atomic E-state index is -4.61. The summed E-state index contributed by atoms with van der Waals surface area (Å²) in [6.45, 7) is -0.276. The van der Waals surface area contributed by atoms with Gasteiger partial charge in [-0.25, -0.2) is 0 Å². The summed E-state index contributed by atoms with van der Waals surface area (Å²) in [5.74, 6) is -1.28. The Hall–Kier alpha value is -0.820. The van der Waals surface area contributed by atoms with E-state index in [2.05, 4.69) is 4.74 Å². The van der Waals surface area contributed by atoms with Gasteiger partial charge in [-0.2, -0.15) is 0 Å². The first-order valence-electron chi connectivity index (χ1n) is 5.58. The molecule has 2 aliphatic heterocycles. The fraction of sp³-hybridized carbons (Fsp3) is 0.900. The maximum Gasteiger partial charge on any atom is 0.522 e. The third-order valence-electron chi connectivity index (χ3n) is 3.61. The van der Waals surface area contributed by atoms with Gasteiger partial charge < -0.3 is 5.11 Å². The maximum absolute atomic E-state index is 11.8. The molecule has 0 spiro atoms. The second-order valence-electron chi connectivity index (χ2n) is 4.51. The highest BCUT2D eigenvalue weighted by molar-refractivity contribution is 5.71. The van der Waals surface area contributed by atoms with Crippen LogP contribution in [0, 0.1) is 5.92 Å². The van der Waals surface area contributed by atoms with Gasteiger partial charge >= 0.3 is 12.3 Å². The van der Waals surface area contributed by atoms with Crippen molar-refractivity contribution in [3.63, 3.8) is 0 Å². The average molecular weight is 253 g/mol. The molecule has 3 atom stereocenters. The van der Waals surface area contributed by atoms with Crippen molar-refractivity contribution < 1.29 is 27.8 Å². The lowest BCUT2D eigenvalue weighted by Crippen LogP contribution is -2.36. The van der Waals surface area contributed by atoms with Crippen LogP contribution in [0.25, 0.3) is 0 Å². The van der Waals surface area contributed by atoms with Crippen molar-refractivity contribution in [2.45, 2.75) is 37.7 Å². The van der Waals surface area contributed by atoms with Crippen molar-refractivity contribution in [2.24, 2.45) is 5.92 Å². The molecule has 1 N–H and O–H groups in total. The molecule has 2 heterocycles. The number of hydrogen-bond acceptors (Lipinski definition) is 3. The number of fused-ring (bicyclic) bond motifs is 2. The van der Waals surface area contributed by atoms with E-state index in [1.54, 1.807) is 0 Å². The zero-order chi connectivity index (χ0) is 12.6. The van der Waals surface area contributed by atoms with Crippen LogP contribution >= 0.6 is 0 Å². The van der Waals surface area contributed by atoms with E-state index >= 15 is 0 Å². The zero-order valence-corrected chi connectivity index (χ0v) is 9.11. The monoisotopic (exact) mass is 253 g/mol. The quantitative estimate of drug-likeness (QED) is 0.824. The Kier molecular flexibility index (Phi) is 3.31. The number of carboxylic acid groups (broad SMARTS) is 1. The fourth-order valence-corrected chi connectivity index (χ4v) is 2.98. The molecule has 0 aliphatic carbocycles. The fourth-order valence-electron chi connectivity index (χ4n) is 2.98. The molecule has 2 saturated heterocycles. The number of nitrogens with zero attached hydrogens (tertiary/aromatic N) is 1. The number of rotatable bonds is 4. The van der Waals surface area contributed by atoms with E-state index in [1.807, 2.05) is 4.90 Å². The van der Waals surface area contributed by atoms with Gasteiger partial charge in [0.2, 0.25) is 0 Å². The van der Waals surface area contributed by atoms with Crippen LogP contribution in [0.2, 0.25) is 0 Å². The summed E-state index contributed by atoms with van der Waals surface area (Å²) in [5.41, 5.74) is 0. The minimum Gasteiger partial charge on any atom is -0.481 e. The van der Waals surface area contributed by atoms with Gasteiger partial charge in [0.25, 0.3) is 0 Å². The van der Waals surface area contributed by atoms with Gasteiger partial charge in [0, 0.05) is 18.6 Å². The van der Waals surface area contributed by atoms with E-state index in [4.69, 9.17) is 5.11 Å². The van der Waals surface area contributed by atoms with Gasteiger partial charge in [-0.15, -0.1) is 13.2 Å². The smallest absolute Gasteiger partial charge is 0.481 e. The largest absolute Gasteiger partial charge is 0.522 e. The molecule has 0 aromatic heterocycles. The minimum absolute atomic E-state index is 0.109. The molecule has 2 fully saturated rings. The van der Waals surface area contributed by atoms with E-state index in [9.17, 15) is 18.0 Å². The van der Waals surface area contributed by atoms with E-state index in [0.29, 0.717) is 6.42 Å². The number of aliphatic carboxylic acids is 1. The number of carboxylic acids is 1. The summed E-state index contributed by atoms with van der Waals surface area (Å²) >= 11 is 0. The van der Waals surface area contributed by atoms with Crippen LogP contribution in [0.5, 0.6) is 0 Å². The number of halogens is 3. The van der Waals surface area contributed by atoms with Crippen LogP contribution in [-0.2, 0) is 9.53 Å². The van der Waals surface area contributed by atoms with Gasteiger partial charge in [0.15, 0.2) is 0 Å². The van der Waals surface area contributed by atoms with Gasteiger partial charge in [0.05, 0.1) is 12.5 Å². The first kappa shape index (κ1) is 12.6. The Balaban J connectivity index is 1.85. The molecule has 2 aliphatic rings. The number of ether oxygens (including phenoxy) is 1. The molecular weight excluding hydrogens is 239 g/mol. The molecule has 2 bridgehead atoms. The molecule has 2 rings (SSSR count). The van der Waals surface area contributed by atoms with Crippen LogP contribution < -0.4 is 0 Å². The van der Waals surface area contributed by atoms with Gasteiger partial charge in [0.1, 0.15) is 0 Å². The normalized spacial score (nSPS) is 33.2. The molecule has 98 valence electrons. The lowest BCUT2D eigenvalue weighted by Gasteiger charge is -2.22. The lowest BCUT2D eigenvalue weighted by atomic mass is 9.89. The van der Waals surface area contributed by atoms with Crippen LogP contribution in [0.15, 0.2) is 0 Å². The zero-order valence-electron chi connectivity index (χ0n) is 9.11. The van der Waals surface area contributed by atoms with E-state index in [1.165, 1.54) is 0 Å². The van der Waals surface area contributed by atoms with Crippen LogP contribution in [-0.4, -0.2) is 47.6 Å². The van der Waals surface area contributed by atoms with E-state index in [-0.39, 0.29) is 18.6 Å². The average Bonchev–Trinajstić information content (AvgIpc) is 2.73. The summed E-state index contributed by atoms with van der Waals surface area (Å²) in [6, 6.07) is -0.00716. The summed E-state index contributed by atoms with van der Waals surface area (Å²) in [4.78, 5) is 12.8. The van der Waals surface area contributed by atoms with Crippen molar-refractivity contribution >= 4 is 5.97 Å². The molecule has 7 heteroatoms. The number of carbonyl (C=O) groups is 1. The molecule has 0 aromatic rings. The Morgan fingerprint density at radius 1 is 1.41 bits per heavy atom. The first-order valence-corrected chi connectivity index (χ1v) is 5.58. The van der Waals surface area contributed by atoms with Crippen molar-refractivity contribution in [1.82, 2.24) is 4.90 Å². The molecule has 3 unspecified atom stereocenters. The highest BCUT2D eigenvalue weighted by Gasteiger charge is 2.49. The highest BCUT2D eigenvalue weighted by atomic mass is 19.4. The Morgan fingerprint density at radius 2 is 2.12 bits per heavy atom. The molecule has 0 aromatic carbocycles. The van der Waals surface area contributed by atoms with Gasteiger partial charge in [-0.05, 0) is 19.3 Å². The maximum atomic E-state index is 11.8. The summed E-state index contributed by atoms with van der Waals surface area (Å²) in [7, 11) is 0. The number of alkyl halides is 3. The topological polar surface area (TPSA) is 49.8 Å². The second-order valence-corrected chi connectivity index (χ2v) is 4.51. The van der Waals surface area contributed by atoms with Crippen molar-refractivity contribution in [3.05, 3.63) is 0 Å². The third kappa shape index (κ3) is 2.71. The lowest BCUT2D eigenvalue weighted by molar-refractivity contribution is -0.325. The van der Waals surface area contributed by atoms with Crippen molar-refractivity contribution in [3.8, 4) is 0 Å². The summed E-state index contributed by atoms with van der Waals surface area (Å²) < 4.78 is 39.2. The standard InChI is InChI=1S/C10H14F3NO3/c11-10(12,13)17-4-3-14-6-1-2-8(14)7(5-6)9(15)16/h6-8H,1-5H2,(H,15,16). The van der Waals surface area contributed by atoms with Gasteiger partial charge in [-0.1, -0.05) is 0 Å². The predicted octanol–water partition coefficient (Wildman–Crippen LogP) is 1.46. The molecular formula is C10H14F3NO3. The SMILES string of the molecule is O=C(O)C1CC2CCC1N2CCOC(F)(F)F. The van der Waals surface area contributed by atoms with Crippen molar-refractivity contribution in [1.29, 1.82) is 0 Å². The molecule has 0 radical (unpaired) electrons. The molecule has 17 heavy (non-hydrogen) atoms. The van der Waals surface area contributed by atoms with E-state index < -0.39 is 24.9 Å². The number of hydrogen-bond donors (Lipinski definition) is 1. The molecule has 0 amide bonds. The Labute approximate surface area is 96.3 Å². The van der Waals surface area contributed by atoms with Crippen LogP contribution in [0.3, 0.4) is 0 Å². The summed E-state index contributed by atoms with van der Waals surface area (Å²) in [5, 5.41) is 8.97. The second kappa shape index (κ2) is 4.45. The van der Waals surface area contributed by atoms with E-state index in [0.717, 1.165) is 12.8 Å².